The van der Waals surface area contributed by atoms with Gasteiger partial charge in [0.05, 0.1) is 12.6 Å². The van der Waals surface area contributed by atoms with Gasteiger partial charge in [0.25, 0.3) is 0 Å². The molecule has 0 aliphatic carbocycles. The molecule has 3 aromatic rings. The molecular formula is C18H21FN6O. The lowest BCUT2D eigenvalue weighted by molar-refractivity contribution is 0.106. The van der Waals surface area contributed by atoms with Crippen LogP contribution in [0.25, 0.3) is 5.65 Å². The van der Waals surface area contributed by atoms with Gasteiger partial charge in [0.15, 0.2) is 17.4 Å². The van der Waals surface area contributed by atoms with Crippen molar-refractivity contribution in [2.24, 2.45) is 4.99 Å². The van der Waals surface area contributed by atoms with Crippen LogP contribution >= 0.6 is 0 Å². The Morgan fingerprint density at radius 1 is 1.19 bits per heavy atom. The minimum atomic E-state index is -0.269. The summed E-state index contributed by atoms with van der Waals surface area (Å²) in [4.78, 5) is 4.20. The van der Waals surface area contributed by atoms with E-state index in [2.05, 4.69) is 25.8 Å². The largest absolute Gasteiger partial charge is 0.375 e. The van der Waals surface area contributed by atoms with E-state index in [4.69, 9.17) is 4.74 Å². The predicted molar refractivity (Wildman–Crippen MR) is 97.3 cm³/mol. The molecule has 2 heterocycles. The summed E-state index contributed by atoms with van der Waals surface area (Å²) in [6, 6.07) is 12.0. The highest BCUT2D eigenvalue weighted by atomic mass is 19.1. The van der Waals surface area contributed by atoms with Crippen molar-refractivity contribution in [1.82, 2.24) is 25.2 Å². The second kappa shape index (κ2) is 8.39. The quantitative estimate of drug-likeness (QED) is 0.521. The van der Waals surface area contributed by atoms with E-state index in [0.717, 1.165) is 17.0 Å². The van der Waals surface area contributed by atoms with E-state index >= 15 is 0 Å². The van der Waals surface area contributed by atoms with Gasteiger partial charge in [-0.05, 0) is 29.8 Å². The topological polar surface area (TPSA) is 75.8 Å². The normalized spacial score (nSPS) is 13.0. The summed E-state index contributed by atoms with van der Waals surface area (Å²) in [7, 11) is 3.31. The lowest BCUT2D eigenvalue weighted by Gasteiger charge is -2.18. The number of nitrogens with one attached hydrogen (secondary N) is 2. The van der Waals surface area contributed by atoms with Gasteiger partial charge in [-0.3, -0.25) is 9.39 Å². The third-order valence-electron chi connectivity index (χ3n) is 4.00. The average Bonchev–Trinajstić information content (AvgIpc) is 3.09. The van der Waals surface area contributed by atoms with Crippen molar-refractivity contribution in [3.05, 3.63) is 65.9 Å². The monoisotopic (exact) mass is 356 g/mol. The standard InChI is InChI=1S/C18H21FN6O/c1-20-18(21-11-15(26-2)13-6-8-14(19)9-7-13)22-12-17-24-23-16-5-3-4-10-25(16)17/h3-10,15H,11-12H2,1-2H3,(H2,20,21,22). The van der Waals surface area contributed by atoms with Gasteiger partial charge in [0, 0.05) is 26.9 Å². The number of hydrogen-bond acceptors (Lipinski definition) is 4. The molecule has 0 amide bonds. The molecule has 1 aromatic carbocycles. The lowest BCUT2D eigenvalue weighted by atomic mass is 10.1. The van der Waals surface area contributed by atoms with Crippen molar-refractivity contribution in [2.75, 3.05) is 20.7 Å². The van der Waals surface area contributed by atoms with Crippen molar-refractivity contribution >= 4 is 11.6 Å². The Morgan fingerprint density at radius 3 is 2.73 bits per heavy atom. The molecule has 0 saturated heterocycles. The number of ether oxygens (including phenoxy) is 1. The summed E-state index contributed by atoms with van der Waals surface area (Å²) < 4.78 is 20.5. The molecule has 0 fully saturated rings. The van der Waals surface area contributed by atoms with Gasteiger partial charge in [0.1, 0.15) is 5.82 Å². The van der Waals surface area contributed by atoms with Crippen LogP contribution in [0.4, 0.5) is 4.39 Å². The first-order chi connectivity index (χ1) is 12.7. The van der Waals surface area contributed by atoms with Crippen LogP contribution in [0.3, 0.4) is 0 Å². The maximum absolute atomic E-state index is 13.1. The summed E-state index contributed by atoms with van der Waals surface area (Å²) >= 11 is 0. The second-order valence-electron chi connectivity index (χ2n) is 5.63. The van der Waals surface area contributed by atoms with Gasteiger partial charge in [-0.2, -0.15) is 0 Å². The molecule has 2 N–H and O–H groups in total. The highest BCUT2D eigenvalue weighted by Crippen LogP contribution is 2.16. The Hall–Kier alpha value is -3.00. The van der Waals surface area contributed by atoms with Gasteiger partial charge in [-0.25, -0.2) is 4.39 Å². The molecule has 7 nitrogen and oxygen atoms in total. The van der Waals surface area contributed by atoms with Gasteiger partial charge >= 0.3 is 0 Å². The van der Waals surface area contributed by atoms with Gasteiger partial charge in [0.2, 0.25) is 0 Å². The number of methoxy groups -OCH3 is 1. The molecule has 1 unspecified atom stereocenters. The lowest BCUT2D eigenvalue weighted by Crippen LogP contribution is -2.39. The fourth-order valence-corrected chi connectivity index (χ4v) is 2.60. The van der Waals surface area contributed by atoms with E-state index in [-0.39, 0.29) is 11.9 Å². The molecule has 0 aliphatic heterocycles. The van der Waals surface area contributed by atoms with Crippen LogP contribution in [0, 0.1) is 5.82 Å². The number of benzene rings is 1. The van der Waals surface area contributed by atoms with E-state index < -0.39 is 0 Å². The van der Waals surface area contributed by atoms with Gasteiger partial charge in [-0.15, -0.1) is 10.2 Å². The average molecular weight is 356 g/mol. The van der Waals surface area contributed by atoms with Crippen molar-refractivity contribution in [3.8, 4) is 0 Å². The number of pyridine rings is 1. The molecule has 0 bridgehead atoms. The fraction of sp³-hybridized carbons (Fsp3) is 0.278. The van der Waals surface area contributed by atoms with E-state index in [1.54, 1.807) is 26.3 Å². The van der Waals surface area contributed by atoms with Gasteiger partial charge < -0.3 is 15.4 Å². The number of halogens is 1. The summed E-state index contributed by atoms with van der Waals surface area (Å²) in [5.74, 6) is 1.13. The minimum absolute atomic E-state index is 0.219. The van der Waals surface area contributed by atoms with Crippen LogP contribution in [0.5, 0.6) is 0 Å². The van der Waals surface area contributed by atoms with Crippen molar-refractivity contribution in [3.63, 3.8) is 0 Å². The Kier molecular flexibility index (Phi) is 5.75. The highest BCUT2D eigenvalue weighted by Gasteiger charge is 2.12. The summed E-state index contributed by atoms with van der Waals surface area (Å²) in [5.41, 5.74) is 1.68. The number of fused-ring (bicyclic) bond motifs is 1. The fourth-order valence-electron chi connectivity index (χ4n) is 2.60. The van der Waals surface area contributed by atoms with Gasteiger partial charge in [-0.1, -0.05) is 18.2 Å². The van der Waals surface area contributed by atoms with Crippen molar-refractivity contribution in [1.29, 1.82) is 0 Å². The number of rotatable bonds is 6. The molecule has 3 rings (SSSR count). The second-order valence-corrected chi connectivity index (χ2v) is 5.63. The van der Waals surface area contributed by atoms with E-state index in [1.807, 2.05) is 28.8 Å². The molecule has 26 heavy (non-hydrogen) atoms. The molecule has 1 atom stereocenters. The Bertz CT molecular complexity index is 877. The Morgan fingerprint density at radius 2 is 2.00 bits per heavy atom. The van der Waals surface area contributed by atoms with Crippen LogP contribution in [-0.4, -0.2) is 41.3 Å². The zero-order chi connectivity index (χ0) is 18.4. The molecular weight excluding hydrogens is 335 g/mol. The van der Waals surface area contributed by atoms with Crippen molar-refractivity contribution in [2.45, 2.75) is 12.6 Å². The van der Waals surface area contributed by atoms with E-state index in [0.29, 0.717) is 19.0 Å². The molecule has 8 heteroatoms. The number of guanidine groups is 1. The molecule has 0 radical (unpaired) electrons. The smallest absolute Gasteiger partial charge is 0.191 e. The highest BCUT2D eigenvalue weighted by molar-refractivity contribution is 5.79. The molecule has 2 aromatic heterocycles. The SMILES string of the molecule is CN=C(NCc1nnc2ccccn12)NCC(OC)c1ccc(F)cc1. The maximum Gasteiger partial charge on any atom is 0.191 e. The maximum atomic E-state index is 13.1. The first-order valence-electron chi connectivity index (χ1n) is 8.22. The molecule has 0 spiro atoms. The summed E-state index contributed by atoms with van der Waals surface area (Å²) in [6.45, 7) is 0.960. The Balaban J connectivity index is 1.58. The number of nitrogens with zero attached hydrogens (tertiary/aromatic N) is 4. The minimum Gasteiger partial charge on any atom is -0.375 e. The number of hydrogen-bond donors (Lipinski definition) is 2. The number of aliphatic imine (C=N–C) groups is 1. The first kappa shape index (κ1) is 17.8. The Labute approximate surface area is 150 Å². The molecule has 136 valence electrons. The van der Waals surface area contributed by atoms with E-state index in [1.165, 1.54) is 12.1 Å². The van der Waals surface area contributed by atoms with Crippen LogP contribution in [0.15, 0.2) is 53.7 Å². The summed E-state index contributed by atoms with van der Waals surface area (Å²) in [5, 5.41) is 14.7. The zero-order valence-electron chi connectivity index (χ0n) is 14.7. The third-order valence-corrected chi connectivity index (χ3v) is 4.00. The van der Waals surface area contributed by atoms with Crippen LogP contribution in [0.1, 0.15) is 17.5 Å². The van der Waals surface area contributed by atoms with Crippen LogP contribution in [0.2, 0.25) is 0 Å². The zero-order valence-corrected chi connectivity index (χ0v) is 14.7. The predicted octanol–water partition coefficient (Wildman–Crippen LogP) is 1.92. The number of aromatic nitrogens is 3. The van der Waals surface area contributed by atoms with Crippen LogP contribution in [-0.2, 0) is 11.3 Å². The third kappa shape index (κ3) is 4.15. The van der Waals surface area contributed by atoms with Crippen molar-refractivity contribution < 1.29 is 9.13 Å². The van der Waals surface area contributed by atoms with E-state index in [9.17, 15) is 4.39 Å². The first-order valence-corrected chi connectivity index (χ1v) is 8.22. The molecule has 0 saturated carbocycles. The molecule has 0 aliphatic rings. The summed E-state index contributed by atoms with van der Waals surface area (Å²) in [6.07, 6.45) is 1.70. The van der Waals surface area contributed by atoms with Crippen LogP contribution < -0.4 is 10.6 Å².